The van der Waals surface area contributed by atoms with Crippen LogP contribution in [0.3, 0.4) is 0 Å². The third-order valence-corrected chi connectivity index (χ3v) is 2.34. The molecule has 0 aliphatic heterocycles. The fourth-order valence-corrected chi connectivity index (χ4v) is 1.41. The third-order valence-electron chi connectivity index (χ3n) is 1.26. The molecule has 82 valence electrons. The maximum Gasteiger partial charge on any atom is 0.375 e. The highest BCUT2D eigenvalue weighted by atomic mass is 32.2. The molecule has 6 heteroatoms. The topological polar surface area (TPSA) is 83.8 Å². The second-order valence-electron chi connectivity index (χ2n) is 2.50. The number of aliphatic hydroxyl groups is 2. The minimum Gasteiger partial charge on any atom is -0.460 e. The van der Waals surface area contributed by atoms with Crippen molar-refractivity contribution in [1.82, 2.24) is 0 Å². The van der Waals surface area contributed by atoms with Crippen molar-refractivity contribution in [1.29, 1.82) is 0 Å². The van der Waals surface area contributed by atoms with E-state index in [0.717, 1.165) is 11.8 Å². The Morgan fingerprint density at radius 2 is 2.14 bits per heavy atom. The van der Waals surface area contributed by atoms with Crippen molar-refractivity contribution in [3.05, 3.63) is 0 Å². The molecule has 0 aliphatic rings. The van der Waals surface area contributed by atoms with Gasteiger partial charge in [-0.1, -0.05) is 0 Å². The summed E-state index contributed by atoms with van der Waals surface area (Å²) in [5.74, 6) is -1.28. The number of rotatable bonds is 7. The molecule has 0 rings (SSSR count). The van der Waals surface area contributed by atoms with Crippen LogP contribution in [0.15, 0.2) is 0 Å². The number of hydrogen-bond donors (Lipinski definition) is 2. The molecule has 0 aliphatic carbocycles. The van der Waals surface area contributed by atoms with E-state index in [4.69, 9.17) is 10.2 Å². The molecule has 5 nitrogen and oxygen atoms in total. The van der Waals surface area contributed by atoms with Gasteiger partial charge in [0.2, 0.25) is 5.78 Å². The average molecular weight is 222 g/mol. The standard InChI is InChI=1S/C8H14O5S/c1-2-13-8(12)7(11)5-14-4-6(10)3-9/h6,9-10H,2-5H2,1H3. The molecule has 0 aromatic rings. The number of ketones is 1. The fourth-order valence-electron chi connectivity index (χ4n) is 0.611. The predicted octanol–water partition coefficient (Wildman–Crippen LogP) is -0.795. The molecular formula is C8H14O5S. The summed E-state index contributed by atoms with van der Waals surface area (Å²) in [6.45, 7) is 1.45. The Hall–Kier alpha value is -0.590. The molecular weight excluding hydrogens is 208 g/mol. The maximum absolute atomic E-state index is 11.0. The summed E-state index contributed by atoms with van der Waals surface area (Å²) >= 11 is 1.09. The van der Waals surface area contributed by atoms with Gasteiger partial charge in [-0.05, 0) is 6.92 Å². The zero-order valence-corrected chi connectivity index (χ0v) is 8.75. The van der Waals surface area contributed by atoms with E-state index in [1.165, 1.54) is 0 Å². The van der Waals surface area contributed by atoms with Gasteiger partial charge in [0.15, 0.2) is 0 Å². The highest BCUT2D eigenvalue weighted by Crippen LogP contribution is 2.03. The summed E-state index contributed by atoms with van der Waals surface area (Å²) in [5.41, 5.74) is 0. The lowest BCUT2D eigenvalue weighted by Crippen LogP contribution is -2.21. The van der Waals surface area contributed by atoms with Crippen molar-refractivity contribution in [3.8, 4) is 0 Å². The number of thioether (sulfide) groups is 1. The van der Waals surface area contributed by atoms with Gasteiger partial charge < -0.3 is 14.9 Å². The molecule has 0 spiro atoms. The third kappa shape index (κ3) is 5.95. The lowest BCUT2D eigenvalue weighted by Gasteiger charge is -2.05. The van der Waals surface area contributed by atoms with Crippen LogP contribution in [-0.2, 0) is 14.3 Å². The second-order valence-corrected chi connectivity index (χ2v) is 3.53. The Bertz CT molecular complexity index is 194. The van der Waals surface area contributed by atoms with Crippen LogP contribution in [0.5, 0.6) is 0 Å². The van der Waals surface area contributed by atoms with Gasteiger partial charge in [0, 0.05) is 5.75 Å². The van der Waals surface area contributed by atoms with Crippen LogP contribution >= 0.6 is 11.8 Å². The Morgan fingerprint density at radius 1 is 1.50 bits per heavy atom. The molecule has 0 aromatic carbocycles. The van der Waals surface area contributed by atoms with E-state index in [1.807, 2.05) is 0 Å². The number of ether oxygens (including phenoxy) is 1. The van der Waals surface area contributed by atoms with Gasteiger partial charge in [-0.15, -0.1) is 0 Å². The van der Waals surface area contributed by atoms with E-state index in [2.05, 4.69) is 4.74 Å². The first-order valence-electron chi connectivity index (χ1n) is 4.18. The molecule has 14 heavy (non-hydrogen) atoms. The van der Waals surface area contributed by atoms with E-state index in [-0.39, 0.29) is 24.7 Å². The Balaban J connectivity index is 3.58. The molecule has 1 unspecified atom stereocenters. The zero-order valence-electron chi connectivity index (χ0n) is 7.93. The number of esters is 1. The predicted molar refractivity (Wildman–Crippen MR) is 52.1 cm³/mol. The SMILES string of the molecule is CCOC(=O)C(=O)CSCC(O)CO. The van der Waals surface area contributed by atoms with Crippen molar-refractivity contribution in [2.75, 3.05) is 24.7 Å². The molecule has 0 heterocycles. The van der Waals surface area contributed by atoms with E-state index in [9.17, 15) is 9.59 Å². The molecule has 0 saturated heterocycles. The quantitative estimate of drug-likeness (QED) is 0.433. The van der Waals surface area contributed by atoms with Gasteiger partial charge in [0.25, 0.3) is 0 Å². The van der Waals surface area contributed by atoms with Crippen molar-refractivity contribution in [2.24, 2.45) is 0 Å². The lowest BCUT2D eigenvalue weighted by molar-refractivity contribution is -0.152. The summed E-state index contributed by atoms with van der Waals surface area (Å²) in [6.07, 6.45) is -0.852. The van der Waals surface area contributed by atoms with Gasteiger partial charge in [0.1, 0.15) is 0 Å². The summed E-state index contributed by atoms with van der Waals surface area (Å²) in [6, 6.07) is 0. The largest absolute Gasteiger partial charge is 0.460 e. The van der Waals surface area contributed by atoms with Crippen LogP contribution in [0.25, 0.3) is 0 Å². The second kappa shape index (κ2) is 7.78. The van der Waals surface area contributed by atoms with Crippen molar-refractivity contribution < 1.29 is 24.5 Å². The van der Waals surface area contributed by atoms with Crippen LogP contribution in [-0.4, -0.2) is 52.8 Å². The Labute approximate surface area is 86.4 Å². The van der Waals surface area contributed by atoms with Crippen LogP contribution in [0.4, 0.5) is 0 Å². The van der Waals surface area contributed by atoms with Gasteiger partial charge in [-0.25, -0.2) is 4.79 Å². The van der Waals surface area contributed by atoms with Crippen molar-refractivity contribution >= 4 is 23.5 Å². The monoisotopic (exact) mass is 222 g/mol. The van der Waals surface area contributed by atoms with Crippen LogP contribution in [0.2, 0.25) is 0 Å². The first kappa shape index (κ1) is 13.4. The summed E-state index contributed by atoms with van der Waals surface area (Å²) in [7, 11) is 0. The van der Waals surface area contributed by atoms with E-state index in [1.54, 1.807) is 6.92 Å². The Kier molecular flexibility index (Phi) is 7.45. The van der Waals surface area contributed by atoms with Crippen molar-refractivity contribution in [3.63, 3.8) is 0 Å². The fraction of sp³-hybridized carbons (Fsp3) is 0.750. The first-order valence-corrected chi connectivity index (χ1v) is 5.33. The minimum absolute atomic E-state index is 0.0319. The molecule has 0 radical (unpaired) electrons. The summed E-state index contributed by atoms with van der Waals surface area (Å²) in [4.78, 5) is 21.8. The average Bonchev–Trinajstić information content (AvgIpc) is 2.17. The van der Waals surface area contributed by atoms with Crippen LogP contribution in [0, 0.1) is 0 Å². The van der Waals surface area contributed by atoms with Crippen molar-refractivity contribution in [2.45, 2.75) is 13.0 Å². The van der Waals surface area contributed by atoms with Gasteiger partial charge in [0.05, 0.1) is 25.1 Å². The smallest absolute Gasteiger partial charge is 0.375 e. The molecule has 0 aromatic heterocycles. The number of aliphatic hydroxyl groups excluding tert-OH is 2. The molecule has 0 fully saturated rings. The molecule has 1 atom stereocenters. The molecule has 2 N–H and O–H groups in total. The van der Waals surface area contributed by atoms with E-state index in [0.29, 0.717) is 0 Å². The Morgan fingerprint density at radius 3 is 2.64 bits per heavy atom. The lowest BCUT2D eigenvalue weighted by atomic mass is 10.4. The maximum atomic E-state index is 11.0. The van der Waals surface area contributed by atoms with Crippen LogP contribution in [0.1, 0.15) is 6.92 Å². The molecule has 0 bridgehead atoms. The number of Topliss-reactive ketones (excluding diaryl/α,β-unsaturated/α-hetero) is 1. The van der Waals surface area contributed by atoms with Gasteiger partial charge in [-0.3, -0.25) is 4.79 Å². The van der Waals surface area contributed by atoms with Gasteiger partial charge >= 0.3 is 5.97 Å². The molecule has 0 saturated carbocycles. The number of hydrogen-bond acceptors (Lipinski definition) is 6. The normalized spacial score (nSPS) is 12.2. The minimum atomic E-state index is -0.852. The number of carbonyl (C=O) groups is 2. The molecule has 0 amide bonds. The highest BCUT2D eigenvalue weighted by Gasteiger charge is 2.15. The zero-order chi connectivity index (χ0) is 11.0. The van der Waals surface area contributed by atoms with Crippen LogP contribution < -0.4 is 0 Å². The van der Waals surface area contributed by atoms with E-state index >= 15 is 0 Å². The first-order chi connectivity index (χ1) is 6.61. The van der Waals surface area contributed by atoms with E-state index < -0.39 is 17.9 Å². The highest BCUT2D eigenvalue weighted by molar-refractivity contribution is 8.00. The number of carbonyl (C=O) groups excluding carboxylic acids is 2. The summed E-state index contributed by atoms with van der Waals surface area (Å²) < 4.78 is 4.47. The van der Waals surface area contributed by atoms with Gasteiger partial charge in [-0.2, -0.15) is 11.8 Å². The summed E-state index contributed by atoms with van der Waals surface area (Å²) in [5, 5.41) is 17.4.